The number of ether oxygens (including phenoxy) is 2. The lowest BCUT2D eigenvalue weighted by Crippen LogP contribution is -2.52. The Morgan fingerprint density at radius 2 is 2.03 bits per heavy atom. The number of nitrogens with one attached hydrogen (secondary N) is 1. The summed E-state index contributed by atoms with van der Waals surface area (Å²) in [6.07, 6.45) is 6.83. The maximum absolute atomic E-state index is 13.3. The normalized spacial score (nSPS) is 20.5. The standard InChI is InChI=1S/C27H37N3O5.C2H6/c1-7-9-19-17(4)14-18-10-8-11-20(18)23(19)29-25-28-15-27(34-25,24(31)33-16(2)3)21-12-13-22(35-30-21)26(5,6)32;1-2/h13-14,16,32H,7-12,15H2,1-6H3,(H,28,29);1-2H3. The van der Waals surface area contributed by atoms with E-state index < -0.39 is 17.2 Å². The first-order valence-corrected chi connectivity index (χ1v) is 13.6. The minimum Gasteiger partial charge on any atom is -0.460 e. The molecule has 0 spiro atoms. The van der Waals surface area contributed by atoms with E-state index in [0.29, 0.717) is 11.5 Å². The summed E-state index contributed by atoms with van der Waals surface area (Å²) in [7, 11) is 0. The fourth-order valence-electron chi connectivity index (χ4n) is 4.90. The number of rotatable bonds is 7. The Morgan fingerprint density at radius 3 is 2.62 bits per heavy atom. The Bertz CT molecular complexity index is 1100. The number of anilines is 1. The highest BCUT2D eigenvalue weighted by Gasteiger charge is 2.53. The van der Waals surface area contributed by atoms with Crippen molar-refractivity contribution in [2.45, 2.75) is 111 Å². The molecule has 2 heterocycles. The number of allylic oxidation sites excluding steroid dienone is 1. The third kappa shape index (κ3) is 6.00. The predicted octanol–water partition coefficient (Wildman–Crippen LogP) is 5.38. The first kappa shape index (κ1) is 28.7. The van der Waals surface area contributed by atoms with E-state index in [1.165, 1.54) is 22.3 Å². The summed E-state index contributed by atoms with van der Waals surface area (Å²) in [5.74, 6) is -0.232. The molecule has 1 unspecified atom stereocenters. The number of aliphatic imine (C=N–C) groups is 1. The van der Waals surface area contributed by atoms with Gasteiger partial charge in [-0.15, -0.1) is 0 Å². The summed E-state index contributed by atoms with van der Waals surface area (Å²) in [6, 6.07) is 2.59. The smallest absolute Gasteiger partial charge is 0.359 e. The van der Waals surface area contributed by atoms with Gasteiger partial charge in [0.15, 0.2) is 5.76 Å². The molecule has 4 rings (SSSR count). The zero-order valence-electron chi connectivity index (χ0n) is 23.7. The summed E-state index contributed by atoms with van der Waals surface area (Å²) < 4.78 is 11.8. The molecule has 0 amide bonds. The van der Waals surface area contributed by atoms with Crippen LogP contribution in [0.5, 0.6) is 0 Å². The quantitative estimate of drug-likeness (QED) is 0.475. The Kier molecular flexibility index (Phi) is 9.05. The van der Waals surface area contributed by atoms with Crippen LogP contribution in [0.4, 0.5) is 5.69 Å². The average molecular weight is 514 g/mol. The van der Waals surface area contributed by atoms with Crippen molar-refractivity contribution < 1.29 is 24.2 Å². The van der Waals surface area contributed by atoms with Gasteiger partial charge in [0, 0.05) is 12.1 Å². The van der Waals surface area contributed by atoms with Crippen LogP contribution in [-0.2, 0) is 38.4 Å². The van der Waals surface area contributed by atoms with Gasteiger partial charge in [-0.2, -0.15) is 0 Å². The molecule has 1 atom stereocenters. The first-order chi connectivity index (χ1) is 17.5. The Morgan fingerprint density at radius 1 is 1.30 bits per heavy atom. The van der Waals surface area contributed by atoms with Gasteiger partial charge < -0.3 is 24.7 Å². The molecule has 8 nitrogen and oxygen atoms in total. The van der Waals surface area contributed by atoms with Gasteiger partial charge in [0.1, 0.15) is 17.9 Å². The number of carbonyl (C=O) groups is 1. The maximum atomic E-state index is 13.3. The fourth-order valence-corrected chi connectivity index (χ4v) is 4.90. The number of amidine groups is 1. The molecule has 1 aromatic carbocycles. The van der Waals surface area contributed by atoms with Crippen LogP contribution in [0.15, 0.2) is 28.0 Å². The summed E-state index contributed by atoms with van der Waals surface area (Å²) in [6.45, 7) is 15.2. The third-order valence-electron chi connectivity index (χ3n) is 6.66. The van der Waals surface area contributed by atoms with E-state index in [9.17, 15) is 9.90 Å². The van der Waals surface area contributed by atoms with Crippen LogP contribution < -0.4 is 5.32 Å². The molecule has 2 N–H and O–H groups in total. The van der Waals surface area contributed by atoms with Crippen LogP contribution in [0.1, 0.15) is 90.0 Å². The van der Waals surface area contributed by atoms with Crippen molar-refractivity contribution >= 4 is 23.4 Å². The first-order valence-electron chi connectivity index (χ1n) is 13.6. The molecule has 0 radical (unpaired) electrons. The lowest BCUT2D eigenvalue weighted by Gasteiger charge is -2.30. The van der Waals surface area contributed by atoms with Gasteiger partial charge in [-0.1, -0.05) is 38.4 Å². The molecule has 1 aromatic rings. The summed E-state index contributed by atoms with van der Waals surface area (Å²) in [5, 5.41) is 17.9. The van der Waals surface area contributed by atoms with Gasteiger partial charge in [0.25, 0.3) is 11.6 Å². The summed E-state index contributed by atoms with van der Waals surface area (Å²) >= 11 is 0. The van der Waals surface area contributed by atoms with Crippen molar-refractivity contribution in [1.82, 2.24) is 0 Å². The predicted molar refractivity (Wildman–Crippen MR) is 147 cm³/mol. The summed E-state index contributed by atoms with van der Waals surface area (Å²) in [5.41, 5.74) is 3.91. The maximum Gasteiger partial charge on any atom is 0.359 e. The summed E-state index contributed by atoms with van der Waals surface area (Å²) in [4.78, 5) is 23.4. The van der Waals surface area contributed by atoms with Gasteiger partial charge >= 0.3 is 5.97 Å². The van der Waals surface area contributed by atoms with Crippen molar-refractivity contribution in [3.8, 4) is 0 Å². The zero-order valence-corrected chi connectivity index (χ0v) is 23.7. The van der Waals surface area contributed by atoms with E-state index in [-0.39, 0.29) is 25.1 Å². The molecule has 0 fully saturated rings. The Labute approximate surface area is 221 Å². The molecule has 0 saturated carbocycles. The highest BCUT2D eigenvalue weighted by atomic mass is 16.6. The van der Waals surface area contributed by atoms with E-state index in [2.05, 4.69) is 35.4 Å². The van der Waals surface area contributed by atoms with Crippen LogP contribution in [0.3, 0.4) is 0 Å². The number of oxime groups is 1. The monoisotopic (exact) mass is 513 g/mol. The van der Waals surface area contributed by atoms with Crippen molar-refractivity contribution in [3.05, 3.63) is 40.2 Å². The molecule has 1 aliphatic carbocycles. The second kappa shape index (κ2) is 11.7. The van der Waals surface area contributed by atoms with Gasteiger partial charge in [0.05, 0.1) is 6.10 Å². The number of fused-ring (bicyclic) bond motifs is 1. The van der Waals surface area contributed by atoms with E-state index in [1.807, 2.05) is 13.8 Å². The van der Waals surface area contributed by atoms with Crippen LogP contribution in [-0.4, -0.2) is 46.7 Å². The van der Waals surface area contributed by atoms with E-state index in [4.69, 9.17) is 14.3 Å². The topological polar surface area (TPSA) is 102 Å². The van der Waals surface area contributed by atoms with Gasteiger partial charge in [-0.3, -0.25) is 0 Å². The minimum atomic E-state index is -1.52. The van der Waals surface area contributed by atoms with E-state index >= 15 is 0 Å². The van der Waals surface area contributed by atoms with Crippen molar-refractivity contribution in [2.24, 2.45) is 10.1 Å². The lowest BCUT2D eigenvalue weighted by molar-refractivity contribution is -0.159. The van der Waals surface area contributed by atoms with Crippen LogP contribution in [0, 0.1) is 6.92 Å². The van der Waals surface area contributed by atoms with Crippen molar-refractivity contribution in [1.29, 1.82) is 0 Å². The molecule has 204 valence electrons. The van der Waals surface area contributed by atoms with Crippen LogP contribution in [0.2, 0.25) is 0 Å². The fraction of sp³-hybridized carbons (Fsp3) is 0.621. The van der Waals surface area contributed by atoms with Crippen molar-refractivity contribution in [3.63, 3.8) is 0 Å². The number of hydrogen-bond donors (Lipinski definition) is 2. The Hall–Kier alpha value is -2.87. The van der Waals surface area contributed by atoms with Gasteiger partial charge in [-0.05, 0) is 88.6 Å². The van der Waals surface area contributed by atoms with E-state index in [1.54, 1.807) is 33.8 Å². The molecule has 3 aliphatic rings. The number of esters is 1. The number of benzene rings is 1. The number of aliphatic hydroxyl groups is 1. The lowest BCUT2D eigenvalue weighted by atomic mass is 9.93. The van der Waals surface area contributed by atoms with Gasteiger partial charge in [0.2, 0.25) is 0 Å². The second-order valence-electron chi connectivity index (χ2n) is 10.4. The minimum absolute atomic E-state index is 0.0336. The van der Waals surface area contributed by atoms with Crippen LogP contribution in [0.25, 0.3) is 0 Å². The highest BCUT2D eigenvalue weighted by molar-refractivity contribution is 6.14. The molecule has 8 heteroatoms. The molecule has 2 aliphatic heterocycles. The van der Waals surface area contributed by atoms with Crippen LogP contribution >= 0.6 is 0 Å². The zero-order chi connectivity index (χ0) is 27.4. The molecular formula is C29H43N3O5. The number of nitrogens with zero attached hydrogens (tertiary/aromatic N) is 2. The average Bonchev–Trinajstić information content (AvgIpc) is 3.49. The molecule has 0 aromatic heterocycles. The SMILES string of the molecule is CC.CCCc1c(C)cc2c(c1NC1=NCC(C(=O)OC(C)C)(C3=NOC(C(C)(C)O)=CC3)O1)CCC2. The number of aryl methyl sites for hydroxylation is 2. The molecule has 0 bridgehead atoms. The second-order valence-corrected chi connectivity index (χ2v) is 10.4. The molecular weight excluding hydrogens is 470 g/mol. The largest absolute Gasteiger partial charge is 0.460 e. The molecule has 37 heavy (non-hydrogen) atoms. The molecule has 0 saturated heterocycles. The van der Waals surface area contributed by atoms with Crippen molar-refractivity contribution in [2.75, 3.05) is 11.9 Å². The highest BCUT2D eigenvalue weighted by Crippen LogP contribution is 2.37. The van der Waals surface area contributed by atoms with E-state index in [0.717, 1.165) is 37.8 Å². The van der Waals surface area contributed by atoms with Gasteiger partial charge in [-0.25, -0.2) is 9.79 Å². The third-order valence-corrected chi connectivity index (χ3v) is 6.66. The number of carbonyl (C=O) groups excluding carboxylic acids is 1. The Balaban J connectivity index is 0.00000186. The number of hydrogen-bond acceptors (Lipinski definition) is 8.